The number of rotatable bonds is 2. The van der Waals surface area contributed by atoms with Gasteiger partial charge < -0.3 is 5.32 Å². The fraction of sp³-hybridized carbons (Fsp3) is 0.250. The molecule has 1 rings (SSSR count). The number of nitrogens with zero attached hydrogens (tertiary/aromatic N) is 1. The quantitative estimate of drug-likeness (QED) is 0.613. The van der Waals surface area contributed by atoms with Gasteiger partial charge in [-0.3, -0.25) is 9.89 Å². The summed E-state index contributed by atoms with van der Waals surface area (Å²) in [6.07, 6.45) is 8.24. The van der Waals surface area contributed by atoms with Crippen molar-refractivity contribution in [1.29, 1.82) is 0 Å². The number of hydrogen-bond acceptors (Lipinski definition) is 2. The maximum atomic E-state index is 10.7. The van der Waals surface area contributed by atoms with Gasteiger partial charge in [-0.05, 0) is 12.8 Å². The standard InChI is InChI=1S/C8H9N3O/c1-3-8(12)11-6(2)7-4-9-10-5-7/h1,4-6H,2H3,(H,9,10)(H,11,12). The van der Waals surface area contributed by atoms with Gasteiger partial charge in [0.05, 0.1) is 12.2 Å². The van der Waals surface area contributed by atoms with Crippen LogP contribution in [0.3, 0.4) is 0 Å². The smallest absolute Gasteiger partial charge is 0.296 e. The van der Waals surface area contributed by atoms with Gasteiger partial charge in [-0.25, -0.2) is 0 Å². The second-order valence-corrected chi connectivity index (χ2v) is 2.37. The van der Waals surface area contributed by atoms with Gasteiger partial charge in [0.25, 0.3) is 5.91 Å². The minimum atomic E-state index is -0.413. The molecule has 1 atom stereocenters. The monoisotopic (exact) mass is 163 g/mol. The topological polar surface area (TPSA) is 57.8 Å². The zero-order valence-electron chi connectivity index (χ0n) is 6.66. The molecule has 2 N–H and O–H groups in total. The number of carbonyl (C=O) groups is 1. The summed E-state index contributed by atoms with van der Waals surface area (Å²) >= 11 is 0. The van der Waals surface area contributed by atoms with E-state index < -0.39 is 5.91 Å². The molecule has 4 nitrogen and oxygen atoms in total. The van der Waals surface area contributed by atoms with Crippen LogP contribution >= 0.6 is 0 Å². The zero-order chi connectivity index (χ0) is 8.97. The SMILES string of the molecule is C#CC(=O)NC(C)c1cn[nH]c1. The fourth-order valence-electron chi connectivity index (χ4n) is 0.819. The van der Waals surface area contributed by atoms with Crippen molar-refractivity contribution >= 4 is 5.91 Å². The molecule has 1 amide bonds. The van der Waals surface area contributed by atoms with Crippen molar-refractivity contribution in [3.63, 3.8) is 0 Å². The minimum Gasteiger partial charge on any atom is -0.339 e. The number of carbonyl (C=O) groups excluding carboxylic acids is 1. The number of aromatic nitrogens is 2. The highest BCUT2D eigenvalue weighted by atomic mass is 16.1. The Labute approximate surface area is 70.4 Å². The highest BCUT2D eigenvalue weighted by Gasteiger charge is 2.07. The van der Waals surface area contributed by atoms with Crippen molar-refractivity contribution in [3.8, 4) is 12.3 Å². The molecular weight excluding hydrogens is 154 g/mol. The first-order chi connectivity index (χ1) is 5.74. The van der Waals surface area contributed by atoms with E-state index in [2.05, 4.69) is 15.5 Å². The second kappa shape index (κ2) is 3.58. The highest BCUT2D eigenvalue weighted by Crippen LogP contribution is 2.07. The average Bonchev–Trinajstić information content (AvgIpc) is 2.56. The molecule has 1 aromatic heterocycles. The van der Waals surface area contributed by atoms with Crippen LogP contribution < -0.4 is 5.32 Å². The van der Waals surface area contributed by atoms with E-state index in [0.29, 0.717) is 0 Å². The molecule has 4 heteroatoms. The maximum Gasteiger partial charge on any atom is 0.296 e. The third-order valence-corrected chi connectivity index (χ3v) is 1.50. The van der Waals surface area contributed by atoms with Gasteiger partial charge in [0.15, 0.2) is 0 Å². The Morgan fingerprint density at radius 2 is 2.67 bits per heavy atom. The number of hydrogen-bond donors (Lipinski definition) is 2. The lowest BCUT2D eigenvalue weighted by Gasteiger charge is -2.07. The van der Waals surface area contributed by atoms with Crippen molar-refractivity contribution in [3.05, 3.63) is 18.0 Å². The van der Waals surface area contributed by atoms with Gasteiger partial charge in [-0.2, -0.15) is 5.10 Å². The minimum absolute atomic E-state index is 0.104. The predicted octanol–water partition coefficient (Wildman–Crippen LogP) is 0.220. The van der Waals surface area contributed by atoms with Crippen LogP contribution in [0.2, 0.25) is 0 Å². The summed E-state index contributed by atoms with van der Waals surface area (Å²) in [5, 5.41) is 8.99. The van der Waals surface area contributed by atoms with E-state index in [1.807, 2.05) is 12.8 Å². The molecule has 0 fully saturated rings. The van der Waals surface area contributed by atoms with E-state index in [4.69, 9.17) is 6.42 Å². The van der Waals surface area contributed by atoms with Crippen LogP contribution in [-0.2, 0) is 4.79 Å². The Bertz CT molecular complexity index is 297. The molecule has 0 aliphatic rings. The molecule has 62 valence electrons. The lowest BCUT2D eigenvalue weighted by atomic mass is 10.2. The van der Waals surface area contributed by atoms with Crippen LogP contribution in [0.5, 0.6) is 0 Å². The highest BCUT2D eigenvalue weighted by molar-refractivity contribution is 5.93. The van der Waals surface area contributed by atoms with Gasteiger partial charge in [0, 0.05) is 11.8 Å². The van der Waals surface area contributed by atoms with Gasteiger partial charge in [0.1, 0.15) is 0 Å². The van der Waals surface area contributed by atoms with Gasteiger partial charge in [-0.1, -0.05) is 0 Å². The molecular formula is C8H9N3O. The molecule has 0 radical (unpaired) electrons. The maximum absolute atomic E-state index is 10.7. The lowest BCUT2D eigenvalue weighted by molar-refractivity contribution is -0.116. The van der Waals surface area contributed by atoms with Crippen LogP contribution in [0.1, 0.15) is 18.5 Å². The fourth-order valence-corrected chi connectivity index (χ4v) is 0.819. The number of H-pyrrole nitrogens is 1. The Morgan fingerprint density at radius 1 is 1.92 bits per heavy atom. The number of amides is 1. The summed E-state index contributed by atoms with van der Waals surface area (Å²) in [7, 11) is 0. The van der Waals surface area contributed by atoms with Crippen molar-refractivity contribution in [2.45, 2.75) is 13.0 Å². The van der Waals surface area contributed by atoms with Crippen molar-refractivity contribution in [2.24, 2.45) is 0 Å². The third-order valence-electron chi connectivity index (χ3n) is 1.50. The van der Waals surface area contributed by atoms with E-state index in [9.17, 15) is 4.79 Å². The van der Waals surface area contributed by atoms with E-state index in [1.165, 1.54) is 0 Å². The number of nitrogens with one attached hydrogen (secondary N) is 2. The number of terminal acetylenes is 1. The summed E-state index contributed by atoms with van der Waals surface area (Å²) in [6.45, 7) is 1.83. The summed E-state index contributed by atoms with van der Waals surface area (Å²) < 4.78 is 0. The molecule has 0 saturated carbocycles. The molecule has 1 unspecified atom stereocenters. The zero-order valence-corrected chi connectivity index (χ0v) is 6.66. The average molecular weight is 163 g/mol. The Kier molecular flexibility index (Phi) is 2.49. The molecule has 1 aromatic rings. The van der Waals surface area contributed by atoms with Crippen LogP contribution in [0.4, 0.5) is 0 Å². The molecule has 12 heavy (non-hydrogen) atoms. The normalized spacial score (nSPS) is 11.7. The summed E-state index contributed by atoms with van der Waals surface area (Å²) in [5.74, 6) is 1.56. The molecule has 0 bridgehead atoms. The summed E-state index contributed by atoms with van der Waals surface area (Å²) in [4.78, 5) is 10.7. The summed E-state index contributed by atoms with van der Waals surface area (Å²) in [6, 6.07) is -0.104. The summed E-state index contributed by atoms with van der Waals surface area (Å²) in [5.41, 5.74) is 0.901. The molecule has 0 aliphatic carbocycles. The van der Waals surface area contributed by atoms with Crippen LogP contribution in [0.25, 0.3) is 0 Å². The first-order valence-corrected chi connectivity index (χ1v) is 3.50. The first-order valence-electron chi connectivity index (χ1n) is 3.50. The van der Waals surface area contributed by atoms with E-state index in [1.54, 1.807) is 12.4 Å². The van der Waals surface area contributed by atoms with E-state index in [0.717, 1.165) is 5.56 Å². The molecule has 0 saturated heterocycles. The van der Waals surface area contributed by atoms with E-state index in [-0.39, 0.29) is 6.04 Å². The lowest BCUT2D eigenvalue weighted by Crippen LogP contribution is -2.24. The second-order valence-electron chi connectivity index (χ2n) is 2.37. The van der Waals surface area contributed by atoms with Crippen molar-refractivity contribution in [2.75, 3.05) is 0 Å². The Balaban J connectivity index is 2.57. The van der Waals surface area contributed by atoms with E-state index >= 15 is 0 Å². The third kappa shape index (κ3) is 1.86. The largest absolute Gasteiger partial charge is 0.339 e. The molecule has 1 heterocycles. The van der Waals surface area contributed by atoms with Gasteiger partial charge >= 0.3 is 0 Å². The van der Waals surface area contributed by atoms with Gasteiger partial charge in [-0.15, -0.1) is 6.42 Å². The molecule has 0 spiro atoms. The first kappa shape index (κ1) is 8.34. The Morgan fingerprint density at radius 3 is 3.17 bits per heavy atom. The van der Waals surface area contributed by atoms with Crippen LogP contribution in [-0.4, -0.2) is 16.1 Å². The van der Waals surface area contributed by atoms with Crippen LogP contribution in [0.15, 0.2) is 12.4 Å². The Hall–Kier alpha value is -1.76. The molecule has 0 aliphatic heterocycles. The van der Waals surface area contributed by atoms with Gasteiger partial charge in [0.2, 0.25) is 0 Å². The van der Waals surface area contributed by atoms with Crippen LogP contribution in [0, 0.1) is 12.3 Å². The molecule has 0 aromatic carbocycles. The number of aromatic amines is 1. The predicted molar refractivity (Wildman–Crippen MR) is 44.0 cm³/mol. The van der Waals surface area contributed by atoms with Crippen molar-refractivity contribution in [1.82, 2.24) is 15.5 Å². The van der Waals surface area contributed by atoms with Crippen molar-refractivity contribution < 1.29 is 4.79 Å².